The van der Waals surface area contributed by atoms with Crippen LogP contribution in [0.3, 0.4) is 0 Å². The molecular formula is C20H22N2O2. The largest absolute Gasteiger partial charge is 0.325 e. The van der Waals surface area contributed by atoms with Gasteiger partial charge in [-0.1, -0.05) is 36.4 Å². The topological polar surface area (TPSA) is 49.4 Å². The van der Waals surface area contributed by atoms with Gasteiger partial charge in [-0.2, -0.15) is 0 Å². The highest BCUT2D eigenvalue weighted by Gasteiger charge is 2.49. The summed E-state index contributed by atoms with van der Waals surface area (Å²) in [6, 6.07) is 15.4. The Morgan fingerprint density at radius 3 is 2.21 bits per heavy atom. The molecule has 0 spiro atoms. The van der Waals surface area contributed by atoms with Crippen LogP contribution in [-0.2, 0) is 9.59 Å². The summed E-state index contributed by atoms with van der Waals surface area (Å²) in [6.45, 7) is 3.95. The Hall–Kier alpha value is -2.62. The molecule has 0 saturated heterocycles. The maximum Gasteiger partial charge on any atom is 0.230 e. The fourth-order valence-electron chi connectivity index (χ4n) is 3.01. The molecule has 3 rings (SSSR count). The van der Waals surface area contributed by atoms with Crippen LogP contribution in [0.1, 0.15) is 17.5 Å². The van der Waals surface area contributed by atoms with Gasteiger partial charge in [-0.05, 0) is 43.5 Å². The minimum atomic E-state index is -0.234. The first-order valence-electron chi connectivity index (χ1n) is 8.18. The molecule has 2 amide bonds. The zero-order valence-corrected chi connectivity index (χ0v) is 14.2. The van der Waals surface area contributed by atoms with Crippen molar-refractivity contribution < 1.29 is 9.59 Å². The van der Waals surface area contributed by atoms with E-state index in [0.29, 0.717) is 6.42 Å². The molecule has 1 saturated carbocycles. The average Bonchev–Trinajstić information content (AvgIpc) is 3.38. The molecule has 124 valence electrons. The first-order chi connectivity index (χ1) is 11.5. The van der Waals surface area contributed by atoms with Crippen molar-refractivity contribution in [3.63, 3.8) is 0 Å². The summed E-state index contributed by atoms with van der Waals surface area (Å²) >= 11 is 0. The molecule has 2 aromatic rings. The van der Waals surface area contributed by atoms with Crippen molar-refractivity contribution in [3.05, 3.63) is 59.7 Å². The zero-order valence-electron chi connectivity index (χ0n) is 14.2. The molecule has 4 nitrogen and oxygen atoms in total. The summed E-state index contributed by atoms with van der Waals surface area (Å²) in [5.41, 5.74) is 3.78. The van der Waals surface area contributed by atoms with Crippen LogP contribution in [0.15, 0.2) is 48.5 Å². The van der Waals surface area contributed by atoms with E-state index in [1.54, 1.807) is 11.9 Å². The lowest BCUT2D eigenvalue weighted by Crippen LogP contribution is -2.29. The number of carbonyl (C=O) groups is 2. The predicted molar refractivity (Wildman–Crippen MR) is 96.0 cm³/mol. The van der Waals surface area contributed by atoms with Crippen molar-refractivity contribution in [2.75, 3.05) is 17.3 Å². The minimum Gasteiger partial charge on any atom is -0.325 e. The van der Waals surface area contributed by atoms with Crippen molar-refractivity contribution >= 4 is 23.2 Å². The number of anilines is 2. The van der Waals surface area contributed by atoms with Gasteiger partial charge < -0.3 is 10.2 Å². The van der Waals surface area contributed by atoms with Crippen LogP contribution in [0, 0.1) is 25.7 Å². The second-order valence-corrected chi connectivity index (χ2v) is 6.44. The number of hydrogen-bond acceptors (Lipinski definition) is 2. The molecule has 1 N–H and O–H groups in total. The smallest absolute Gasteiger partial charge is 0.230 e. The number of hydrogen-bond donors (Lipinski definition) is 1. The van der Waals surface area contributed by atoms with E-state index in [1.165, 1.54) is 0 Å². The van der Waals surface area contributed by atoms with Crippen molar-refractivity contribution in [1.29, 1.82) is 0 Å². The number of para-hydroxylation sites is 2. The van der Waals surface area contributed by atoms with Crippen molar-refractivity contribution in [2.24, 2.45) is 11.8 Å². The van der Waals surface area contributed by atoms with E-state index < -0.39 is 0 Å². The maximum absolute atomic E-state index is 12.6. The third-order valence-corrected chi connectivity index (χ3v) is 4.65. The highest BCUT2D eigenvalue weighted by molar-refractivity contribution is 6.04. The van der Waals surface area contributed by atoms with Crippen molar-refractivity contribution in [2.45, 2.75) is 20.3 Å². The Bertz CT molecular complexity index is 750. The van der Waals surface area contributed by atoms with Gasteiger partial charge in [0.25, 0.3) is 0 Å². The van der Waals surface area contributed by atoms with Gasteiger partial charge >= 0.3 is 0 Å². The fourth-order valence-corrected chi connectivity index (χ4v) is 3.01. The average molecular weight is 322 g/mol. The molecule has 2 unspecified atom stereocenters. The van der Waals surface area contributed by atoms with Crippen molar-refractivity contribution in [1.82, 2.24) is 0 Å². The summed E-state index contributed by atoms with van der Waals surface area (Å²) in [5.74, 6) is -0.516. The third kappa shape index (κ3) is 3.18. The van der Waals surface area contributed by atoms with Gasteiger partial charge in [0.05, 0.1) is 11.8 Å². The first-order valence-corrected chi connectivity index (χ1v) is 8.18. The Morgan fingerprint density at radius 1 is 0.958 bits per heavy atom. The molecule has 0 aromatic heterocycles. The van der Waals surface area contributed by atoms with Gasteiger partial charge in [-0.25, -0.2) is 0 Å². The molecule has 0 heterocycles. The Kier molecular flexibility index (Phi) is 4.38. The summed E-state index contributed by atoms with van der Waals surface area (Å²) in [7, 11) is 1.76. The van der Waals surface area contributed by atoms with E-state index >= 15 is 0 Å². The molecule has 0 aliphatic heterocycles. The van der Waals surface area contributed by atoms with E-state index in [1.807, 2.05) is 62.4 Å². The van der Waals surface area contributed by atoms with Gasteiger partial charge in [-0.3, -0.25) is 9.59 Å². The van der Waals surface area contributed by atoms with E-state index in [9.17, 15) is 9.59 Å². The van der Waals surface area contributed by atoms with Crippen LogP contribution < -0.4 is 10.2 Å². The summed E-state index contributed by atoms with van der Waals surface area (Å²) in [4.78, 5) is 26.7. The van der Waals surface area contributed by atoms with E-state index in [4.69, 9.17) is 0 Å². The molecule has 24 heavy (non-hydrogen) atoms. The normalized spacial score (nSPS) is 18.8. The zero-order chi connectivity index (χ0) is 17.3. The van der Waals surface area contributed by atoms with Crippen LogP contribution in [0.2, 0.25) is 0 Å². The quantitative estimate of drug-likeness (QED) is 0.936. The van der Waals surface area contributed by atoms with Crippen LogP contribution >= 0.6 is 0 Å². The first kappa shape index (κ1) is 16.2. The fraction of sp³-hybridized carbons (Fsp3) is 0.300. The Morgan fingerprint density at radius 2 is 1.58 bits per heavy atom. The van der Waals surface area contributed by atoms with Gasteiger partial charge in [0.2, 0.25) is 11.8 Å². The lowest BCUT2D eigenvalue weighted by molar-refractivity contribution is -0.123. The number of amides is 2. The highest BCUT2D eigenvalue weighted by Crippen LogP contribution is 2.41. The highest BCUT2D eigenvalue weighted by atomic mass is 16.2. The summed E-state index contributed by atoms with van der Waals surface area (Å²) in [5, 5.41) is 2.99. The van der Waals surface area contributed by atoms with Crippen molar-refractivity contribution in [3.8, 4) is 0 Å². The molecule has 1 fully saturated rings. The summed E-state index contributed by atoms with van der Waals surface area (Å²) < 4.78 is 0. The van der Waals surface area contributed by atoms with Gasteiger partial charge in [0.15, 0.2) is 0 Å². The molecular weight excluding hydrogens is 300 g/mol. The maximum atomic E-state index is 12.6. The SMILES string of the molecule is Cc1cccc(C)c1NC(=O)C1CC1C(=O)N(C)c1ccccc1. The standard InChI is InChI=1S/C20H22N2O2/c1-13-8-7-9-14(2)18(13)21-19(23)16-12-17(16)20(24)22(3)15-10-5-4-6-11-15/h4-11,16-17H,12H2,1-3H3,(H,21,23). The van der Waals surface area contributed by atoms with Crippen LogP contribution in [0.25, 0.3) is 0 Å². The predicted octanol–water partition coefficient (Wildman–Crippen LogP) is 3.54. The lowest BCUT2D eigenvalue weighted by atomic mass is 10.1. The van der Waals surface area contributed by atoms with Gasteiger partial charge in [-0.15, -0.1) is 0 Å². The van der Waals surface area contributed by atoms with E-state index in [-0.39, 0.29) is 23.7 Å². The van der Waals surface area contributed by atoms with E-state index in [0.717, 1.165) is 22.5 Å². The van der Waals surface area contributed by atoms with Crippen LogP contribution in [0.4, 0.5) is 11.4 Å². The van der Waals surface area contributed by atoms with Crippen LogP contribution in [0.5, 0.6) is 0 Å². The molecule has 4 heteroatoms. The van der Waals surface area contributed by atoms with E-state index in [2.05, 4.69) is 5.32 Å². The molecule has 0 bridgehead atoms. The second-order valence-electron chi connectivity index (χ2n) is 6.44. The van der Waals surface area contributed by atoms with Gasteiger partial charge in [0.1, 0.15) is 0 Å². The number of carbonyl (C=O) groups excluding carboxylic acids is 2. The minimum absolute atomic E-state index is 0.00264. The number of rotatable bonds is 4. The number of nitrogens with one attached hydrogen (secondary N) is 1. The Labute approximate surface area is 142 Å². The number of benzene rings is 2. The third-order valence-electron chi connectivity index (χ3n) is 4.65. The monoisotopic (exact) mass is 322 g/mol. The molecule has 2 aromatic carbocycles. The number of nitrogens with zero attached hydrogens (tertiary/aromatic N) is 1. The second kappa shape index (κ2) is 6.48. The van der Waals surface area contributed by atoms with Gasteiger partial charge in [0, 0.05) is 18.4 Å². The Balaban J connectivity index is 1.64. The molecule has 1 aliphatic carbocycles. The lowest BCUT2D eigenvalue weighted by Gasteiger charge is -2.17. The molecule has 2 atom stereocenters. The molecule has 1 aliphatic rings. The van der Waals surface area contributed by atoms with Crippen LogP contribution in [-0.4, -0.2) is 18.9 Å². The summed E-state index contributed by atoms with van der Waals surface area (Å²) in [6.07, 6.45) is 0.618. The molecule has 0 radical (unpaired) electrons. The number of aryl methyl sites for hydroxylation is 2.